The molecule has 26 heavy (non-hydrogen) atoms. The maximum Gasteiger partial charge on any atom is 0.326 e. The van der Waals surface area contributed by atoms with Gasteiger partial charge in [-0.25, -0.2) is 4.79 Å². The van der Waals surface area contributed by atoms with E-state index in [1.807, 2.05) is 42.5 Å². The highest BCUT2D eigenvalue weighted by Gasteiger charge is 2.33. The number of benzene rings is 2. The summed E-state index contributed by atoms with van der Waals surface area (Å²) in [4.78, 5) is 29.9. The summed E-state index contributed by atoms with van der Waals surface area (Å²) in [6, 6.07) is 17.8. The first-order valence-electron chi connectivity index (χ1n) is 8.85. The predicted octanol–water partition coefficient (Wildman–Crippen LogP) is 1.89. The van der Waals surface area contributed by atoms with E-state index in [0.29, 0.717) is 0 Å². The second-order valence-electron chi connectivity index (χ2n) is 6.83. The van der Waals surface area contributed by atoms with Crippen LogP contribution in [0.5, 0.6) is 0 Å². The van der Waals surface area contributed by atoms with E-state index in [4.69, 9.17) is 0 Å². The first-order chi connectivity index (χ1) is 12.6. The van der Waals surface area contributed by atoms with Gasteiger partial charge in [-0.3, -0.25) is 14.3 Å². The molecule has 1 fully saturated rings. The lowest BCUT2D eigenvalue weighted by molar-refractivity contribution is -0.122. The number of nitrogens with one attached hydrogen (secondary N) is 2. The maximum absolute atomic E-state index is 12.6. The number of para-hydroxylation sites is 2. The second kappa shape index (κ2) is 6.80. The monoisotopic (exact) mass is 350 g/mol. The smallest absolute Gasteiger partial charge is 0.326 e. The molecule has 0 spiro atoms. The molecule has 0 aliphatic carbocycles. The van der Waals surface area contributed by atoms with Crippen LogP contribution in [0.15, 0.2) is 59.4 Å². The molecule has 134 valence electrons. The number of carbonyl (C=O) groups is 1. The van der Waals surface area contributed by atoms with Crippen molar-refractivity contribution in [2.24, 2.45) is 0 Å². The molecule has 1 aromatic heterocycles. The Hall–Kier alpha value is -2.86. The van der Waals surface area contributed by atoms with E-state index in [9.17, 15) is 9.59 Å². The normalized spacial score (nSPS) is 20.5. The summed E-state index contributed by atoms with van der Waals surface area (Å²) in [5, 5.41) is 3.13. The Morgan fingerprint density at radius 3 is 2.69 bits per heavy atom. The number of likely N-dealkylation sites (tertiary alicyclic amines) is 1. The molecular weight excluding hydrogens is 328 g/mol. The van der Waals surface area contributed by atoms with Gasteiger partial charge < -0.3 is 10.3 Å². The fraction of sp³-hybridized carbons (Fsp3) is 0.300. The number of carbonyl (C=O) groups excluding carboxylic acids is 1. The molecule has 1 aliphatic rings. The highest BCUT2D eigenvalue weighted by Crippen LogP contribution is 2.30. The van der Waals surface area contributed by atoms with Gasteiger partial charge in [0, 0.05) is 12.6 Å². The largest absolute Gasteiger partial charge is 0.350 e. The van der Waals surface area contributed by atoms with Crippen LogP contribution in [0.3, 0.4) is 0 Å². The molecule has 2 heterocycles. The zero-order valence-corrected chi connectivity index (χ0v) is 14.7. The predicted molar refractivity (Wildman–Crippen MR) is 101 cm³/mol. The Balaban J connectivity index is 1.52. The lowest BCUT2D eigenvalue weighted by Gasteiger charge is -2.26. The zero-order chi connectivity index (χ0) is 18.1. The minimum Gasteiger partial charge on any atom is -0.350 e. The molecule has 2 atom stereocenters. The van der Waals surface area contributed by atoms with Crippen LogP contribution in [0.4, 0.5) is 0 Å². The number of aromatic amines is 1. The summed E-state index contributed by atoms with van der Waals surface area (Å²) in [7, 11) is 2.08. The number of hydrogen-bond acceptors (Lipinski definition) is 3. The van der Waals surface area contributed by atoms with Gasteiger partial charge in [0.15, 0.2) is 0 Å². The van der Waals surface area contributed by atoms with Crippen LogP contribution in [0.1, 0.15) is 18.0 Å². The van der Waals surface area contributed by atoms with Crippen LogP contribution < -0.4 is 11.0 Å². The van der Waals surface area contributed by atoms with Crippen molar-refractivity contribution in [2.45, 2.75) is 25.0 Å². The summed E-state index contributed by atoms with van der Waals surface area (Å²) >= 11 is 0. The van der Waals surface area contributed by atoms with Crippen LogP contribution in [-0.4, -0.2) is 40.0 Å². The third kappa shape index (κ3) is 3.04. The number of imidazole rings is 1. The molecular formula is C20H22N4O2. The number of nitrogens with zero attached hydrogens (tertiary/aromatic N) is 2. The molecule has 3 aromatic rings. The Bertz CT molecular complexity index is 976. The average molecular weight is 350 g/mol. The standard InChI is InChI=1S/C20H22N4O2/c1-23-12-11-16(19(23)14-7-3-2-4-8-14)21-18(25)13-24-17-10-6-5-9-15(17)22-20(24)26/h2-10,16,19H,11-13H2,1H3,(H,21,25)(H,22,26). The molecule has 2 unspecified atom stereocenters. The number of rotatable bonds is 4. The van der Waals surface area contributed by atoms with E-state index in [1.165, 1.54) is 10.1 Å². The Morgan fingerprint density at radius 2 is 1.88 bits per heavy atom. The minimum absolute atomic E-state index is 0.0184. The van der Waals surface area contributed by atoms with Gasteiger partial charge in [0.25, 0.3) is 0 Å². The first kappa shape index (κ1) is 16.6. The quantitative estimate of drug-likeness (QED) is 0.755. The topological polar surface area (TPSA) is 70.1 Å². The summed E-state index contributed by atoms with van der Waals surface area (Å²) < 4.78 is 1.49. The van der Waals surface area contributed by atoms with Crippen molar-refractivity contribution >= 4 is 16.9 Å². The Kier molecular flexibility index (Phi) is 4.34. The summed E-state index contributed by atoms with van der Waals surface area (Å²) in [6.45, 7) is 0.947. The summed E-state index contributed by atoms with van der Waals surface area (Å²) in [5.41, 5.74) is 2.43. The van der Waals surface area contributed by atoms with E-state index in [-0.39, 0.29) is 30.2 Å². The van der Waals surface area contributed by atoms with Crippen molar-refractivity contribution in [3.8, 4) is 0 Å². The number of likely N-dealkylation sites (N-methyl/N-ethyl adjacent to an activating group) is 1. The van der Waals surface area contributed by atoms with Crippen molar-refractivity contribution in [2.75, 3.05) is 13.6 Å². The van der Waals surface area contributed by atoms with E-state index in [2.05, 4.69) is 34.4 Å². The molecule has 1 aliphatic heterocycles. The van der Waals surface area contributed by atoms with Gasteiger partial charge in [0.1, 0.15) is 6.54 Å². The van der Waals surface area contributed by atoms with Crippen molar-refractivity contribution in [1.82, 2.24) is 19.8 Å². The number of hydrogen-bond donors (Lipinski definition) is 2. The van der Waals surface area contributed by atoms with Gasteiger partial charge in [-0.2, -0.15) is 0 Å². The molecule has 6 heteroatoms. The number of fused-ring (bicyclic) bond motifs is 1. The summed E-state index contributed by atoms with van der Waals surface area (Å²) in [5.74, 6) is -0.141. The molecule has 6 nitrogen and oxygen atoms in total. The van der Waals surface area contributed by atoms with Crippen molar-refractivity contribution in [1.29, 1.82) is 0 Å². The van der Waals surface area contributed by atoms with Gasteiger partial charge in [-0.05, 0) is 31.2 Å². The first-order valence-corrected chi connectivity index (χ1v) is 8.85. The molecule has 0 bridgehead atoms. The Labute approximate surface area is 151 Å². The number of aromatic nitrogens is 2. The van der Waals surface area contributed by atoms with Gasteiger partial charge in [0.05, 0.1) is 17.1 Å². The summed E-state index contributed by atoms with van der Waals surface area (Å²) in [6.07, 6.45) is 0.893. The minimum atomic E-state index is -0.260. The molecule has 1 saturated heterocycles. The highest BCUT2D eigenvalue weighted by molar-refractivity contribution is 5.80. The fourth-order valence-corrected chi connectivity index (χ4v) is 3.89. The van der Waals surface area contributed by atoms with E-state index < -0.39 is 0 Å². The lowest BCUT2D eigenvalue weighted by Crippen LogP contribution is -2.41. The second-order valence-corrected chi connectivity index (χ2v) is 6.83. The molecule has 1 amide bonds. The van der Waals surface area contributed by atoms with Crippen LogP contribution in [-0.2, 0) is 11.3 Å². The highest BCUT2D eigenvalue weighted by atomic mass is 16.2. The van der Waals surface area contributed by atoms with Gasteiger partial charge in [0.2, 0.25) is 5.91 Å². The molecule has 4 rings (SSSR count). The van der Waals surface area contributed by atoms with Crippen LogP contribution in [0, 0.1) is 0 Å². The molecule has 2 N–H and O–H groups in total. The molecule has 2 aromatic carbocycles. The fourth-order valence-electron chi connectivity index (χ4n) is 3.89. The molecule has 0 radical (unpaired) electrons. The number of H-pyrrole nitrogens is 1. The van der Waals surface area contributed by atoms with Gasteiger partial charge >= 0.3 is 5.69 Å². The van der Waals surface area contributed by atoms with E-state index in [0.717, 1.165) is 24.0 Å². The SMILES string of the molecule is CN1CCC(NC(=O)Cn2c(=O)[nH]c3ccccc32)C1c1ccccc1. The maximum atomic E-state index is 12.6. The van der Waals surface area contributed by atoms with Crippen molar-refractivity contribution < 1.29 is 4.79 Å². The van der Waals surface area contributed by atoms with Crippen LogP contribution in [0.25, 0.3) is 11.0 Å². The van der Waals surface area contributed by atoms with Crippen molar-refractivity contribution in [3.05, 3.63) is 70.6 Å². The number of amides is 1. The van der Waals surface area contributed by atoms with Gasteiger partial charge in [-0.15, -0.1) is 0 Å². The Morgan fingerprint density at radius 1 is 1.15 bits per heavy atom. The third-order valence-corrected chi connectivity index (χ3v) is 5.12. The zero-order valence-electron chi connectivity index (χ0n) is 14.7. The average Bonchev–Trinajstić information content (AvgIpc) is 3.16. The third-order valence-electron chi connectivity index (χ3n) is 5.12. The van der Waals surface area contributed by atoms with E-state index >= 15 is 0 Å². The van der Waals surface area contributed by atoms with Crippen molar-refractivity contribution in [3.63, 3.8) is 0 Å². The van der Waals surface area contributed by atoms with Crippen LogP contribution >= 0.6 is 0 Å². The van der Waals surface area contributed by atoms with Gasteiger partial charge in [-0.1, -0.05) is 42.5 Å². The van der Waals surface area contributed by atoms with E-state index in [1.54, 1.807) is 0 Å². The van der Waals surface area contributed by atoms with Crippen LogP contribution in [0.2, 0.25) is 0 Å². The lowest BCUT2D eigenvalue weighted by atomic mass is 10.0. The molecule has 0 saturated carbocycles.